The Balaban J connectivity index is 1.29. The standard InChI is InChI=1S/C29H37NO5/c1-3-34-28(31)10-7-15-35-27-19-25-23(18-26(27)33-2)17-24(29(25)32)16-21-11-13-30(14-12-21)20-22-8-5-4-6-9-22/h4-6,8-9,18-19,21,24H,3,7,10-17,20H2,1-2H3. The van der Waals surface area contributed by atoms with Crippen molar-refractivity contribution in [2.75, 3.05) is 33.4 Å². The number of Topliss-reactive ketones (excluding diaryl/α,β-unsaturated/α-hetero) is 1. The minimum Gasteiger partial charge on any atom is -0.493 e. The highest BCUT2D eigenvalue weighted by Gasteiger charge is 2.34. The minimum absolute atomic E-state index is 0.0412. The van der Waals surface area contributed by atoms with E-state index in [1.54, 1.807) is 14.0 Å². The van der Waals surface area contributed by atoms with Gasteiger partial charge in [0.2, 0.25) is 0 Å². The Morgan fingerprint density at radius 2 is 1.86 bits per heavy atom. The highest BCUT2D eigenvalue weighted by atomic mass is 16.5. The van der Waals surface area contributed by atoms with Crippen LogP contribution in [0.25, 0.3) is 0 Å². The van der Waals surface area contributed by atoms with Gasteiger partial charge in [0.15, 0.2) is 17.3 Å². The van der Waals surface area contributed by atoms with E-state index in [0.29, 0.717) is 43.5 Å². The Labute approximate surface area is 208 Å². The summed E-state index contributed by atoms with van der Waals surface area (Å²) < 4.78 is 16.4. The van der Waals surface area contributed by atoms with E-state index in [9.17, 15) is 9.59 Å². The molecule has 1 heterocycles. The molecule has 0 spiro atoms. The third-order valence-electron chi connectivity index (χ3n) is 7.15. The largest absolute Gasteiger partial charge is 0.493 e. The molecule has 2 aromatic carbocycles. The summed E-state index contributed by atoms with van der Waals surface area (Å²) in [6.45, 7) is 5.73. The third kappa shape index (κ3) is 6.63. The SMILES string of the molecule is CCOC(=O)CCCOc1cc2c(cc1OC)CC(CC1CCN(Cc3ccccc3)CC1)C2=O. The molecule has 1 aliphatic heterocycles. The monoisotopic (exact) mass is 479 g/mol. The molecule has 35 heavy (non-hydrogen) atoms. The number of likely N-dealkylation sites (tertiary alicyclic amines) is 1. The molecule has 0 radical (unpaired) electrons. The Morgan fingerprint density at radius 3 is 2.57 bits per heavy atom. The molecule has 0 bridgehead atoms. The molecule has 2 aromatic rings. The fourth-order valence-electron chi connectivity index (χ4n) is 5.30. The predicted molar refractivity (Wildman–Crippen MR) is 135 cm³/mol. The molecule has 1 saturated heterocycles. The van der Waals surface area contributed by atoms with E-state index in [4.69, 9.17) is 14.2 Å². The Morgan fingerprint density at radius 1 is 1.09 bits per heavy atom. The first-order valence-electron chi connectivity index (χ1n) is 12.9. The number of rotatable bonds is 11. The highest BCUT2D eigenvalue weighted by molar-refractivity contribution is 6.02. The molecule has 0 saturated carbocycles. The summed E-state index contributed by atoms with van der Waals surface area (Å²) in [6, 6.07) is 14.4. The summed E-state index contributed by atoms with van der Waals surface area (Å²) in [7, 11) is 1.62. The van der Waals surface area contributed by atoms with Crippen LogP contribution in [0.5, 0.6) is 11.5 Å². The van der Waals surface area contributed by atoms with Crippen LogP contribution in [0.2, 0.25) is 0 Å². The molecule has 6 heteroatoms. The lowest BCUT2D eigenvalue weighted by atomic mass is 9.85. The molecule has 0 N–H and O–H groups in total. The molecule has 2 aliphatic rings. The van der Waals surface area contributed by atoms with Gasteiger partial charge >= 0.3 is 5.97 Å². The van der Waals surface area contributed by atoms with Gasteiger partial charge in [-0.15, -0.1) is 0 Å². The number of hydrogen-bond donors (Lipinski definition) is 0. The Bertz CT molecular complexity index is 998. The van der Waals surface area contributed by atoms with Gasteiger partial charge in [-0.1, -0.05) is 30.3 Å². The molecule has 1 aliphatic carbocycles. The maximum atomic E-state index is 13.3. The van der Waals surface area contributed by atoms with E-state index >= 15 is 0 Å². The lowest BCUT2D eigenvalue weighted by Gasteiger charge is -2.32. The van der Waals surface area contributed by atoms with Gasteiger partial charge < -0.3 is 14.2 Å². The topological polar surface area (TPSA) is 65.1 Å². The lowest BCUT2D eigenvalue weighted by molar-refractivity contribution is -0.143. The van der Waals surface area contributed by atoms with Gasteiger partial charge in [-0.25, -0.2) is 0 Å². The second-order valence-electron chi connectivity index (χ2n) is 9.62. The first-order chi connectivity index (χ1) is 17.1. The quantitative estimate of drug-likeness (QED) is 0.331. The zero-order chi connectivity index (χ0) is 24.6. The smallest absolute Gasteiger partial charge is 0.305 e. The number of fused-ring (bicyclic) bond motifs is 1. The van der Waals surface area contributed by atoms with Gasteiger partial charge in [-0.3, -0.25) is 14.5 Å². The van der Waals surface area contributed by atoms with Crippen LogP contribution in [-0.4, -0.2) is 50.1 Å². The van der Waals surface area contributed by atoms with Gasteiger partial charge in [-0.2, -0.15) is 0 Å². The maximum absolute atomic E-state index is 13.3. The number of ether oxygens (including phenoxy) is 3. The molecule has 0 amide bonds. The van der Waals surface area contributed by atoms with E-state index in [1.807, 2.05) is 12.1 Å². The average Bonchev–Trinajstić information content (AvgIpc) is 3.17. The van der Waals surface area contributed by atoms with Crippen molar-refractivity contribution in [1.29, 1.82) is 0 Å². The molecule has 1 atom stereocenters. The summed E-state index contributed by atoms with van der Waals surface area (Å²) in [5, 5.41) is 0. The van der Waals surface area contributed by atoms with Gasteiger partial charge in [-0.05, 0) is 81.3 Å². The van der Waals surface area contributed by atoms with Crippen molar-refractivity contribution in [3.8, 4) is 11.5 Å². The number of nitrogens with zero attached hydrogens (tertiary/aromatic N) is 1. The van der Waals surface area contributed by atoms with E-state index in [-0.39, 0.29) is 17.7 Å². The molecule has 0 aromatic heterocycles. The minimum atomic E-state index is -0.221. The van der Waals surface area contributed by atoms with Crippen LogP contribution in [0.3, 0.4) is 0 Å². The van der Waals surface area contributed by atoms with Crippen molar-refractivity contribution in [2.24, 2.45) is 11.8 Å². The van der Waals surface area contributed by atoms with Crippen LogP contribution in [0.4, 0.5) is 0 Å². The van der Waals surface area contributed by atoms with Crippen molar-refractivity contribution in [2.45, 2.75) is 52.0 Å². The molecule has 1 fully saturated rings. The van der Waals surface area contributed by atoms with E-state index in [2.05, 4.69) is 35.2 Å². The molecule has 4 rings (SSSR count). The van der Waals surface area contributed by atoms with Crippen LogP contribution >= 0.6 is 0 Å². The van der Waals surface area contributed by atoms with Crippen LogP contribution < -0.4 is 9.47 Å². The summed E-state index contributed by atoms with van der Waals surface area (Å²) in [6.07, 6.45) is 4.88. The van der Waals surface area contributed by atoms with Crippen LogP contribution in [0, 0.1) is 11.8 Å². The summed E-state index contributed by atoms with van der Waals surface area (Å²) in [4.78, 5) is 27.3. The number of methoxy groups -OCH3 is 1. The zero-order valence-electron chi connectivity index (χ0n) is 21.0. The van der Waals surface area contributed by atoms with Crippen LogP contribution in [0.15, 0.2) is 42.5 Å². The first kappa shape index (κ1) is 25.2. The zero-order valence-corrected chi connectivity index (χ0v) is 21.0. The molecular formula is C29H37NO5. The van der Waals surface area contributed by atoms with E-state index in [1.165, 1.54) is 5.56 Å². The van der Waals surface area contributed by atoms with Gasteiger partial charge in [0.25, 0.3) is 0 Å². The van der Waals surface area contributed by atoms with E-state index < -0.39 is 0 Å². The van der Waals surface area contributed by atoms with E-state index in [0.717, 1.165) is 56.4 Å². The summed E-state index contributed by atoms with van der Waals surface area (Å²) in [5.41, 5.74) is 3.18. The number of piperidine rings is 1. The van der Waals surface area contributed by atoms with Gasteiger partial charge in [0.1, 0.15) is 0 Å². The third-order valence-corrected chi connectivity index (χ3v) is 7.15. The number of hydrogen-bond acceptors (Lipinski definition) is 6. The van der Waals surface area contributed by atoms with Crippen molar-refractivity contribution in [1.82, 2.24) is 4.90 Å². The average molecular weight is 480 g/mol. The Kier molecular flexibility index (Phi) is 8.80. The number of carbonyl (C=O) groups is 2. The van der Waals surface area contributed by atoms with Gasteiger partial charge in [0, 0.05) is 24.4 Å². The number of carbonyl (C=O) groups excluding carboxylic acids is 2. The predicted octanol–water partition coefficient (Wildman–Crippen LogP) is 5.07. The van der Waals surface area contributed by atoms with Crippen molar-refractivity contribution in [3.63, 3.8) is 0 Å². The first-order valence-corrected chi connectivity index (χ1v) is 12.9. The molecule has 188 valence electrons. The number of esters is 1. The van der Waals surface area contributed by atoms with Crippen molar-refractivity contribution < 1.29 is 23.8 Å². The second kappa shape index (κ2) is 12.2. The number of benzene rings is 2. The van der Waals surface area contributed by atoms with Crippen molar-refractivity contribution >= 4 is 11.8 Å². The summed E-state index contributed by atoms with van der Waals surface area (Å²) >= 11 is 0. The molecule has 6 nitrogen and oxygen atoms in total. The molecular weight excluding hydrogens is 442 g/mol. The fraction of sp³-hybridized carbons (Fsp3) is 0.517. The van der Waals surface area contributed by atoms with Crippen molar-refractivity contribution in [3.05, 3.63) is 59.2 Å². The normalized spacial score (nSPS) is 18.3. The molecule has 1 unspecified atom stereocenters. The maximum Gasteiger partial charge on any atom is 0.305 e. The summed E-state index contributed by atoms with van der Waals surface area (Å²) in [5.74, 6) is 1.85. The lowest BCUT2D eigenvalue weighted by Crippen LogP contribution is -2.34. The highest BCUT2D eigenvalue weighted by Crippen LogP contribution is 2.39. The van der Waals surface area contributed by atoms with Gasteiger partial charge in [0.05, 0.1) is 20.3 Å². The second-order valence-corrected chi connectivity index (χ2v) is 9.62. The van der Waals surface area contributed by atoms with Crippen LogP contribution in [-0.2, 0) is 22.5 Å². The van der Waals surface area contributed by atoms with Crippen LogP contribution in [0.1, 0.15) is 60.5 Å². The number of ketones is 1. The Hall–Kier alpha value is -2.86. The fourth-order valence-corrected chi connectivity index (χ4v) is 5.30.